The van der Waals surface area contributed by atoms with E-state index in [-0.39, 0.29) is 0 Å². The van der Waals surface area contributed by atoms with E-state index in [1.54, 1.807) is 17.4 Å². The van der Waals surface area contributed by atoms with Crippen LogP contribution in [-0.4, -0.2) is 11.5 Å². The second kappa shape index (κ2) is 8.32. The van der Waals surface area contributed by atoms with Crippen LogP contribution in [0.25, 0.3) is 10.4 Å². The number of benzene rings is 2. The van der Waals surface area contributed by atoms with Crippen LogP contribution in [0.5, 0.6) is 0 Å². The van der Waals surface area contributed by atoms with Crippen LogP contribution < -0.4 is 5.32 Å². The third-order valence-corrected chi connectivity index (χ3v) is 5.65. The van der Waals surface area contributed by atoms with Gasteiger partial charge < -0.3 is 5.32 Å². The van der Waals surface area contributed by atoms with Gasteiger partial charge in [0.2, 0.25) is 0 Å². The van der Waals surface area contributed by atoms with Gasteiger partial charge in [-0.25, -0.2) is 4.98 Å². The van der Waals surface area contributed by atoms with Crippen LogP contribution in [0.2, 0.25) is 15.1 Å². The summed E-state index contributed by atoms with van der Waals surface area (Å²) in [6.45, 7) is 1.62. The third-order valence-electron chi connectivity index (χ3n) is 3.55. The van der Waals surface area contributed by atoms with E-state index in [1.807, 2.05) is 42.6 Å². The number of thiazole rings is 1. The Hall–Kier alpha value is -1.10. The first-order valence-electron chi connectivity index (χ1n) is 7.48. The minimum Gasteiger partial charge on any atom is -0.310 e. The maximum Gasteiger partial charge on any atom is 0.107 e. The lowest BCUT2D eigenvalue weighted by Crippen LogP contribution is -2.16. The van der Waals surface area contributed by atoms with E-state index < -0.39 is 0 Å². The van der Waals surface area contributed by atoms with E-state index >= 15 is 0 Å². The van der Waals surface area contributed by atoms with Gasteiger partial charge in [-0.3, -0.25) is 0 Å². The van der Waals surface area contributed by atoms with Crippen molar-refractivity contribution in [2.45, 2.75) is 13.0 Å². The summed E-state index contributed by atoms with van der Waals surface area (Å²) in [6.07, 6.45) is 2.80. The normalized spacial score (nSPS) is 11.0. The monoisotopic (exact) mass is 396 g/mol. The van der Waals surface area contributed by atoms with Gasteiger partial charge in [0, 0.05) is 23.3 Å². The molecule has 2 aromatic carbocycles. The van der Waals surface area contributed by atoms with Gasteiger partial charge in [-0.05, 0) is 36.7 Å². The highest BCUT2D eigenvalue weighted by atomic mass is 35.5. The van der Waals surface area contributed by atoms with Gasteiger partial charge in [-0.15, -0.1) is 11.3 Å². The van der Waals surface area contributed by atoms with Crippen molar-refractivity contribution in [2.75, 3.05) is 6.54 Å². The van der Waals surface area contributed by atoms with Gasteiger partial charge in [0.15, 0.2) is 0 Å². The maximum absolute atomic E-state index is 6.26. The molecule has 3 rings (SSSR count). The standard InChI is InChI=1S/C18H15Cl3N2S/c19-13-6-4-12(5-7-13)8-9-22-11-17-23-10-16(24-17)14-2-1-3-15(20)18(14)21/h1-7,10,22H,8-9,11H2. The fourth-order valence-corrected chi connectivity index (χ4v) is 3.79. The van der Waals surface area contributed by atoms with Crippen molar-refractivity contribution in [3.8, 4) is 10.4 Å². The molecule has 124 valence electrons. The Morgan fingerprint density at radius 1 is 1.00 bits per heavy atom. The van der Waals surface area contributed by atoms with Crippen LogP contribution in [-0.2, 0) is 13.0 Å². The van der Waals surface area contributed by atoms with Gasteiger partial charge in [-0.2, -0.15) is 0 Å². The maximum atomic E-state index is 6.26. The molecule has 0 saturated heterocycles. The molecule has 2 nitrogen and oxygen atoms in total. The van der Waals surface area contributed by atoms with Crippen LogP contribution in [0.15, 0.2) is 48.7 Å². The Kier molecular flexibility index (Phi) is 6.14. The van der Waals surface area contributed by atoms with E-state index in [0.717, 1.165) is 40.0 Å². The molecular weight excluding hydrogens is 383 g/mol. The Morgan fingerprint density at radius 2 is 1.79 bits per heavy atom. The van der Waals surface area contributed by atoms with Crippen LogP contribution in [0.1, 0.15) is 10.6 Å². The van der Waals surface area contributed by atoms with E-state index in [9.17, 15) is 0 Å². The SMILES string of the molecule is Clc1ccc(CCNCc2ncc(-c3cccc(Cl)c3Cl)s2)cc1. The van der Waals surface area contributed by atoms with E-state index in [2.05, 4.69) is 10.3 Å². The van der Waals surface area contributed by atoms with Crippen molar-refractivity contribution in [3.05, 3.63) is 74.3 Å². The van der Waals surface area contributed by atoms with Gasteiger partial charge in [-0.1, -0.05) is 59.1 Å². The number of rotatable bonds is 6. The summed E-state index contributed by atoms with van der Waals surface area (Å²) in [7, 11) is 0. The Labute approximate surface area is 160 Å². The number of nitrogens with zero attached hydrogens (tertiary/aromatic N) is 1. The lowest BCUT2D eigenvalue weighted by atomic mass is 10.1. The summed E-state index contributed by atoms with van der Waals surface area (Å²) in [5, 5.41) is 6.34. The molecule has 0 aliphatic carbocycles. The summed E-state index contributed by atoms with van der Waals surface area (Å²) < 4.78 is 0. The largest absolute Gasteiger partial charge is 0.310 e. The highest BCUT2D eigenvalue weighted by Crippen LogP contribution is 2.36. The Morgan fingerprint density at radius 3 is 2.58 bits per heavy atom. The van der Waals surface area contributed by atoms with E-state index in [1.165, 1.54) is 5.56 Å². The highest BCUT2D eigenvalue weighted by molar-refractivity contribution is 7.15. The number of hydrogen-bond donors (Lipinski definition) is 1. The first kappa shape index (κ1) is 17.7. The van der Waals surface area contributed by atoms with E-state index in [0.29, 0.717) is 10.0 Å². The molecule has 0 aliphatic heterocycles. The minimum absolute atomic E-state index is 0.560. The van der Waals surface area contributed by atoms with Crippen LogP contribution >= 0.6 is 46.1 Å². The van der Waals surface area contributed by atoms with Crippen molar-refractivity contribution in [3.63, 3.8) is 0 Å². The quantitative estimate of drug-likeness (QED) is 0.508. The van der Waals surface area contributed by atoms with Crippen molar-refractivity contribution >= 4 is 46.1 Å². The Balaban J connectivity index is 1.54. The number of aromatic nitrogens is 1. The molecule has 0 radical (unpaired) electrons. The molecule has 24 heavy (non-hydrogen) atoms. The average Bonchev–Trinajstić information content (AvgIpc) is 3.04. The average molecular weight is 398 g/mol. The first-order chi connectivity index (χ1) is 11.6. The number of hydrogen-bond acceptors (Lipinski definition) is 3. The second-order valence-corrected chi connectivity index (χ2v) is 7.61. The summed E-state index contributed by atoms with van der Waals surface area (Å²) in [6, 6.07) is 13.6. The van der Waals surface area contributed by atoms with Crippen molar-refractivity contribution in [2.24, 2.45) is 0 Å². The topological polar surface area (TPSA) is 24.9 Å². The fraction of sp³-hybridized carbons (Fsp3) is 0.167. The van der Waals surface area contributed by atoms with Gasteiger partial charge >= 0.3 is 0 Å². The fourth-order valence-electron chi connectivity index (χ4n) is 2.29. The molecule has 0 spiro atoms. The summed E-state index contributed by atoms with van der Waals surface area (Å²) in [5.41, 5.74) is 2.19. The molecule has 1 heterocycles. The highest BCUT2D eigenvalue weighted by Gasteiger charge is 2.10. The van der Waals surface area contributed by atoms with Gasteiger partial charge in [0.1, 0.15) is 5.01 Å². The predicted octanol–water partition coefficient (Wildman–Crippen LogP) is 6.10. The zero-order valence-corrected chi connectivity index (χ0v) is 15.8. The molecule has 0 bridgehead atoms. The zero-order valence-electron chi connectivity index (χ0n) is 12.7. The molecular formula is C18H15Cl3N2S. The molecule has 1 aromatic heterocycles. The van der Waals surface area contributed by atoms with Crippen LogP contribution in [0.4, 0.5) is 0 Å². The first-order valence-corrected chi connectivity index (χ1v) is 9.43. The van der Waals surface area contributed by atoms with Gasteiger partial charge in [0.05, 0.1) is 14.9 Å². The van der Waals surface area contributed by atoms with Crippen LogP contribution in [0.3, 0.4) is 0 Å². The zero-order chi connectivity index (χ0) is 16.9. The second-order valence-electron chi connectivity index (χ2n) is 5.27. The molecule has 0 fully saturated rings. The molecule has 0 aliphatic rings. The van der Waals surface area contributed by atoms with Crippen molar-refractivity contribution in [1.29, 1.82) is 0 Å². The lowest BCUT2D eigenvalue weighted by molar-refractivity contribution is 0.684. The third kappa shape index (κ3) is 4.50. The smallest absolute Gasteiger partial charge is 0.107 e. The predicted molar refractivity (Wildman–Crippen MR) is 104 cm³/mol. The van der Waals surface area contributed by atoms with Crippen molar-refractivity contribution < 1.29 is 0 Å². The lowest BCUT2D eigenvalue weighted by Gasteiger charge is -2.03. The molecule has 6 heteroatoms. The van der Waals surface area contributed by atoms with Crippen LogP contribution in [0, 0.1) is 0 Å². The Bertz CT molecular complexity index is 815. The summed E-state index contributed by atoms with van der Waals surface area (Å²) in [5.74, 6) is 0. The minimum atomic E-state index is 0.560. The van der Waals surface area contributed by atoms with Crippen molar-refractivity contribution in [1.82, 2.24) is 10.3 Å². The molecule has 0 unspecified atom stereocenters. The molecule has 0 amide bonds. The molecule has 1 N–H and O–H groups in total. The summed E-state index contributed by atoms with van der Waals surface area (Å²) in [4.78, 5) is 5.48. The number of halogens is 3. The number of nitrogens with one attached hydrogen (secondary N) is 1. The summed E-state index contributed by atoms with van der Waals surface area (Å²) >= 11 is 19.8. The van der Waals surface area contributed by atoms with E-state index in [4.69, 9.17) is 34.8 Å². The molecule has 0 atom stereocenters. The van der Waals surface area contributed by atoms with Gasteiger partial charge in [0.25, 0.3) is 0 Å². The molecule has 0 saturated carbocycles. The molecule has 3 aromatic rings.